The van der Waals surface area contributed by atoms with Crippen molar-refractivity contribution in [2.24, 2.45) is 0 Å². The van der Waals surface area contributed by atoms with Crippen LogP contribution in [-0.4, -0.2) is 5.11 Å². The van der Waals surface area contributed by atoms with Crippen LogP contribution in [0.5, 0.6) is 5.75 Å². The van der Waals surface area contributed by atoms with Gasteiger partial charge in [0.15, 0.2) is 0 Å². The Morgan fingerprint density at radius 2 is 1.38 bits per heavy atom. The highest BCUT2D eigenvalue weighted by atomic mass is 16.3. The van der Waals surface area contributed by atoms with E-state index in [-0.39, 0.29) is 0 Å². The average molecular weight is 212 g/mol. The van der Waals surface area contributed by atoms with Gasteiger partial charge in [-0.15, -0.1) is 6.58 Å². The lowest BCUT2D eigenvalue weighted by Crippen LogP contribution is -1.79. The van der Waals surface area contributed by atoms with Gasteiger partial charge in [0.2, 0.25) is 0 Å². The molecule has 16 heavy (non-hydrogen) atoms. The molecule has 0 aromatic heterocycles. The minimum Gasteiger partial charge on any atom is -0.508 e. The maximum atomic E-state index is 9.19. The van der Waals surface area contributed by atoms with E-state index in [0.29, 0.717) is 5.75 Å². The van der Waals surface area contributed by atoms with Crippen molar-refractivity contribution < 1.29 is 5.11 Å². The molecule has 0 bridgehead atoms. The Morgan fingerprint density at radius 1 is 0.875 bits per heavy atom. The summed E-state index contributed by atoms with van der Waals surface area (Å²) in [6.07, 6.45) is 2.50. The second-order valence-corrected chi connectivity index (χ2v) is 3.28. The van der Waals surface area contributed by atoms with Gasteiger partial charge in [-0.1, -0.05) is 60.7 Å². The summed E-state index contributed by atoms with van der Waals surface area (Å²) in [4.78, 5) is 0. The summed E-state index contributed by atoms with van der Waals surface area (Å²) in [5.74, 6) is 0.349. The molecule has 2 aromatic rings. The molecule has 0 aliphatic rings. The van der Waals surface area contributed by atoms with Crippen molar-refractivity contribution in [3.8, 4) is 5.75 Å². The van der Waals surface area contributed by atoms with Gasteiger partial charge in [-0.2, -0.15) is 0 Å². The second kappa shape index (κ2) is 7.30. The largest absolute Gasteiger partial charge is 0.508 e. The first-order chi connectivity index (χ1) is 7.84. The molecule has 0 saturated heterocycles. The van der Waals surface area contributed by atoms with Crippen LogP contribution in [0.1, 0.15) is 5.56 Å². The maximum Gasteiger partial charge on any atom is 0.119 e. The number of hydrogen-bond acceptors (Lipinski definition) is 1. The smallest absolute Gasteiger partial charge is 0.119 e. The van der Waals surface area contributed by atoms with E-state index >= 15 is 0 Å². The monoisotopic (exact) mass is 212 g/mol. The zero-order chi connectivity index (χ0) is 11.6. The lowest BCUT2D eigenvalue weighted by Gasteiger charge is -1.97. The Labute approximate surface area is 96.7 Å². The molecule has 1 N–H and O–H groups in total. The Balaban J connectivity index is 0.000000181. The predicted octanol–water partition coefficient (Wildman–Crippen LogP) is 3.81. The summed E-state index contributed by atoms with van der Waals surface area (Å²) in [6, 6.07) is 19.3. The molecule has 0 heterocycles. The summed E-state index contributed by atoms with van der Waals surface area (Å²) < 4.78 is 0. The molecule has 0 spiro atoms. The zero-order valence-corrected chi connectivity index (χ0v) is 9.21. The Morgan fingerprint density at radius 3 is 1.81 bits per heavy atom. The molecular weight excluding hydrogens is 196 g/mol. The predicted molar refractivity (Wildman–Crippen MR) is 68.4 cm³/mol. The van der Waals surface area contributed by atoms with E-state index in [0.717, 1.165) is 12.0 Å². The van der Waals surface area contributed by atoms with E-state index in [1.54, 1.807) is 12.1 Å². The van der Waals surface area contributed by atoms with Gasteiger partial charge in [0, 0.05) is 0 Å². The molecule has 0 radical (unpaired) electrons. The fourth-order valence-corrected chi connectivity index (χ4v) is 1.22. The standard InChI is InChI=1S/C9H10O.C6H6/c1-2-5-8-6-3-4-7-9(8)10;1-2-4-6-5-3-1/h2-4,6-7,10H,1,5H2;1-6H. The topological polar surface area (TPSA) is 20.2 Å². The molecule has 2 rings (SSSR count). The molecule has 0 fully saturated rings. The van der Waals surface area contributed by atoms with Gasteiger partial charge in [-0.05, 0) is 18.1 Å². The number of rotatable bonds is 2. The highest BCUT2D eigenvalue weighted by Gasteiger charge is 1.93. The van der Waals surface area contributed by atoms with Crippen LogP contribution in [0.3, 0.4) is 0 Å². The molecule has 0 aliphatic heterocycles. The Bertz CT molecular complexity index is 380. The minimum atomic E-state index is 0.349. The second-order valence-electron chi connectivity index (χ2n) is 3.28. The van der Waals surface area contributed by atoms with Crippen molar-refractivity contribution in [3.63, 3.8) is 0 Å². The summed E-state index contributed by atoms with van der Waals surface area (Å²) in [5, 5.41) is 9.19. The van der Waals surface area contributed by atoms with E-state index in [1.807, 2.05) is 54.6 Å². The fraction of sp³-hybridized carbons (Fsp3) is 0.0667. The van der Waals surface area contributed by atoms with E-state index < -0.39 is 0 Å². The van der Waals surface area contributed by atoms with Crippen molar-refractivity contribution in [1.82, 2.24) is 0 Å². The van der Waals surface area contributed by atoms with Crippen LogP contribution < -0.4 is 0 Å². The van der Waals surface area contributed by atoms with Crippen molar-refractivity contribution in [2.45, 2.75) is 6.42 Å². The average Bonchev–Trinajstić information content (AvgIpc) is 2.35. The van der Waals surface area contributed by atoms with Crippen LogP contribution in [0.15, 0.2) is 73.3 Å². The van der Waals surface area contributed by atoms with Gasteiger partial charge in [0.1, 0.15) is 5.75 Å². The first-order valence-electron chi connectivity index (χ1n) is 5.22. The molecule has 0 unspecified atom stereocenters. The fourth-order valence-electron chi connectivity index (χ4n) is 1.22. The van der Waals surface area contributed by atoms with Crippen LogP contribution in [0.2, 0.25) is 0 Å². The molecule has 0 aliphatic carbocycles. The van der Waals surface area contributed by atoms with Crippen molar-refractivity contribution in [1.29, 1.82) is 0 Å². The van der Waals surface area contributed by atoms with Crippen LogP contribution in [0.25, 0.3) is 0 Å². The third kappa shape index (κ3) is 4.47. The summed E-state index contributed by atoms with van der Waals surface area (Å²) >= 11 is 0. The number of aromatic hydroxyl groups is 1. The van der Waals surface area contributed by atoms with E-state index in [1.165, 1.54) is 0 Å². The third-order valence-electron chi connectivity index (χ3n) is 2.02. The maximum absolute atomic E-state index is 9.19. The molecular formula is C15H16O. The number of hydrogen-bond donors (Lipinski definition) is 1. The van der Waals surface area contributed by atoms with Gasteiger partial charge >= 0.3 is 0 Å². The van der Waals surface area contributed by atoms with E-state index in [4.69, 9.17) is 0 Å². The first-order valence-corrected chi connectivity index (χ1v) is 5.22. The van der Waals surface area contributed by atoms with Gasteiger partial charge in [-0.25, -0.2) is 0 Å². The molecule has 0 saturated carbocycles. The van der Waals surface area contributed by atoms with Crippen LogP contribution in [-0.2, 0) is 6.42 Å². The molecule has 1 nitrogen and oxygen atoms in total. The Kier molecular flexibility index (Phi) is 5.49. The van der Waals surface area contributed by atoms with Crippen molar-refractivity contribution in [3.05, 3.63) is 78.9 Å². The molecule has 0 amide bonds. The van der Waals surface area contributed by atoms with E-state index in [9.17, 15) is 5.11 Å². The first kappa shape index (κ1) is 12.1. The molecule has 0 atom stereocenters. The summed E-state index contributed by atoms with van der Waals surface area (Å²) in [6.45, 7) is 3.59. The normalized spacial score (nSPS) is 8.75. The van der Waals surface area contributed by atoms with Gasteiger partial charge in [-0.3, -0.25) is 0 Å². The molecule has 2 aromatic carbocycles. The van der Waals surface area contributed by atoms with Crippen molar-refractivity contribution >= 4 is 0 Å². The van der Waals surface area contributed by atoms with Crippen LogP contribution in [0, 0.1) is 0 Å². The number of benzene rings is 2. The number of phenolic OH excluding ortho intramolecular Hbond substituents is 1. The number of phenols is 1. The molecule has 82 valence electrons. The molecule has 1 heteroatoms. The quantitative estimate of drug-likeness (QED) is 0.750. The van der Waals surface area contributed by atoms with Gasteiger partial charge < -0.3 is 5.11 Å². The Hall–Kier alpha value is -2.02. The SMILES string of the molecule is C=CCc1ccccc1O.c1ccccc1. The minimum absolute atomic E-state index is 0.349. The number of para-hydroxylation sites is 1. The highest BCUT2D eigenvalue weighted by molar-refractivity contribution is 5.32. The van der Waals surface area contributed by atoms with Crippen molar-refractivity contribution in [2.75, 3.05) is 0 Å². The van der Waals surface area contributed by atoms with E-state index in [2.05, 4.69) is 6.58 Å². The van der Waals surface area contributed by atoms with Crippen LogP contribution in [0.4, 0.5) is 0 Å². The highest BCUT2D eigenvalue weighted by Crippen LogP contribution is 2.15. The summed E-state index contributed by atoms with van der Waals surface area (Å²) in [5.41, 5.74) is 0.928. The number of allylic oxidation sites excluding steroid dienone is 1. The van der Waals surface area contributed by atoms with Crippen LogP contribution >= 0.6 is 0 Å². The third-order valence-corrected chi connectivity index (χ3v) is 2.02. The summed E-state index contributed by atoms with van der Waals surface area (Å²) in [7, 11) is 0. The lowest BCUT2D eigenvalue weighted by atomic mass is 10.1. The van der Waals surface area contributed by atoms with Gasteiger partial charge in [0.05, 0.1) is 0 Å². The lowest BCUT2D eigenvalue weighted by molar-refractivity contribution is 0.470. The van der Waals surface area contributed by atoms with Gasteiger partial charge in [0.25, 0.3) is 0 Å². The zero-order valence-electron chi connectivity index (χ0n) is 9.21.